The summed E-state index contributed by atoms with van der Waals surface area (Å²) in [5, 5.41) is 0. The van der Waals surface area contributed by atoms with Crippen LogP contribution in [0.3, 0.4) is 0 Å². The lowest BCUT2D eigenvalue weighted by Gasteiger charge is -2.37. The van der Waals surface area contributed by atoms with E-state index in [1.54, 1.807) is 16.4 Å². The van der Waals surface area contributed by atoms with Gasteiger partial charge in [-0.05, 0) is 32.9 Å². The van der Waals surface area contributed by atoms with Crippen LogP contribution in [0.2, 0.25) is 0 Å². The Morgan fingerprint density at radius 2 is 1.57 bits per heavy atom. The molecule has 1 fully saturated rings. The van der Waals surface area contributed by atoms with Gasteiger partial charge in [0, 0.05) is 18.7 Å². The minimum Gasteiger partial charge on any atom is -0.338 e. The number of quaternary nitrogens is 1. The van der Waals surface area contributed by atoms with Crippen LogP contribution in [0, 0.1) is 6.92 Å². The van der Waals surface area contributed by atoms with Crippen LogP contribution in [0.25, 0.3) is 0 Å². The Balaban J connectivity index is 1.79. The molecule has 0 aromatic heterocycles. The highest BCUT2D eigenvalue weighted by Crippen LogP contribution is 2.18. The Bertz CT molecular complexity index is 933. The van der Waals surface area contributed by atoms with Crippen molar-refractivity contribution in [2.45, 2.75) is 31.7 Å². The molecule has 6 nitrogen and oxygen atoms in total. The van der Waals surface area contributed by atoms with Gasteiger partial charge >= 0.3 is 0 Å². The molecule has 1 aliphatic rings. The minimum atomic E-state index is -3.51. The Hall–Kier alpha value is -2.22. The molecule has 1 heterocycles. The molecule has 0 unspecified atom stereocenters. The molecule has 2 aromatic carbocycles. The number of rotatable bonds is 7. The number of aryl methyl sites for hydroxylation is 1. The normalized spacial score (nSPS) is 16.9. The molecule has 1 saturated heterocycles. The third kappa shape index (κ3) is 4.74. The maximum absolute atomic E-state index is 13.3. The van der Waals surface area contributed by atoms with Crippen LogP contribution in [0.15, 0.2) is 59.5 Å². The topological polar surface area (TPSA) is 62.1 Å². The summed E-state index contributed by atoms with van der Waals surface area (Å²) in [6.45, 7) is 9.25. The second-order valence-electron chi connectivity index (χ2n) is 7.73. The van der Waals surface area contributed by atoms with E-state index in [0.29, 0.717) is 44.2 Å². The molecule has 30 heavy (non-hydrogen) atoms. The van der Waals surface area contributed by atoms with E-state index in [4.69, 9.17) is 0 Å². The number of hydrogen-bond donors (Lipinski definition) is 1. The molecular formula is C23H32N3O3S+. The Morgan fingerprint density at radius 3 is 2.10 bits per heavy atom. The van der Waals surface area contributed by atoms with Crippen molar-refractivity contribution in [2.75, 3.05) is 39.3 Å². The fourth-order valence-electron chi connectivity index (χ4n) is 4.08. The number of carbonyl (C=O) groups excluding carboxylic acids is 1. The molecule has 0 radical (unpaired) electrons. The van der Waals surface area contributed by atoms with Gasteiger partial charge in [0.15, 0.2) is 6.04 Å². The number of sulfonamides is 1. The highest BCUT2D eigenvalue weighted by atomic mass is 32.2. The van der Waals surface area contributed by atoms with Gasteiger partial charge in [0.2, 0.25) is 10.0 Å². The van der Waals surface area contributed by atoms with E-state index in [-0.39, 0.29) is 11.9 Å². The smallest absolute Gasteiger partial charge is 0.285 e. The average molecular weight is 431 g/mol. The van der Waals surface area contributed by atoms with Crippen LogP contribution in [0.1, 0.15) is 31.0 Å². The first kappa shape index (κ1) is 22.5. The predicted octanol–water partition coefficient (Wildman–Crippen LogP) is 1.49. The Morgan fingerprint density at radius 1 is 1.00 bits per heavy atom. The molecule has 1 atom stereocenters. The molecule has 162 valence electrons. The predicted molar refractivity (Wildman–Crippen MR) is 118 cm³/mol. The molecule has 0 aliphatic carbocycles. The van der Waals surface area contributed by atoms with Crippen molar-refractivity contribution in [3.63, 3.8) is 0 Å². The maximum Gasteiger partial charge on any atom is 0.285 e. The van der Waals surface area contributed by atoms with Gasteiger partial charge in [-0.2, -0.15) is 4.31 Å². The molecule has 2 aromatic rings. The summed E-state index contributed by atoms with van der Waals surface area (Å²) in [5.74, 6) is 0.107. The zero-order chi connectivity index (χ0) is 21.7. The molecule has 7 heteroatoms. The third-order valence-electron chi connectivity index (χ3n) is 5.89. The zero-order valence-corrected chi connectivity index (χ0v) is 18.9. The summed E-state index contributed by atoms with van der Waals surface area (Å²) in [6.07, 6.45) is 0. The van der Waals surface area contributed by atoms with Crippen LogP contribution < -0.4 is 4.90 Å². The van der Waals surface area contributed by atoms with E-state index in [2.05, 4.69) is 0 Å². The third-order valence-corrected chi connectivity index (χ3v) is 7.80. The van der Waals surface area contributed by atoms with Gasteiger partial charge in [-0.3, -0.25) is 4.79 Å². The summed E-state index contributed by atoms with van der Waals surface area (Å²) in [4.78, 5) is 16.6. The summed E-state index contributed by atoms with van der Waals surface area (Å²) < 4.78 is 27.6. The Labute approximate surface area is 180 Å². The molecular weight excluding hydrogens is 398 g/mol. The van der Waals surface area contributed by atoms with E-state index in [1.807, 2.05) is 68.1 Å². The lowest BCUT2D eigenvalue weighted by Crippen LogP contribution is -3.16. The first-order chi connectivity index (χ1) is 14.4. The standard InChI is InChI=1S/C23H31N3O3S/c1-4-24(5-2)23(27)22(20-9-7-6-8-10-20)25-15-17-26(18-16-25)30(28,29)21-13-11-19(3)12-14-21/h6-14,22H,4-5,15-18H2,1-3H3/p+1/t22-/m0/s1. The fraction of sp³-hybridized carbons (Fsp3) is 0.435. The van der Waals surface area contributed by atoms with Crippen molar-refractivity contribution >= 4 is 15.9 Å². The van der Waals surface area contributed by atoms with E-state index >= 15 is 0 Å². The number of nitrogens with zero attached hydrogens (tertiary/aromatic N) is 2. The van der Waals surface area contributed by atoms with E-state index < -0.39 is 10.0 Å². The molecule has 0 saturated carbocycles. The number of likely N-dealkylation sites (N-methyl/N-ethyl adjacent to an activating group) is 1. The largest absolute Gasteiger partial charge is 0.338 e. The summed E-state index contributed by atoms with van der Waals surface area (Å²) in [5.41, 5.74) is 2.02. The lowest BCUT2D eigenvalue weighted by molar-refractivity contribution is -0.925. The van der Waals surface area contributed by atoms with Crippen LogP contribution in [0.4, 0.5) is 0 Å². The first-order valence-electron chi connectivity index (χ1n) is 10.6. The van der Waals surface area contributed by atoms with Crippen molar-refractivity contribution in [1.82, 2.24) is 9.21 Å². The van der Waals surface area contributed by atoms with Gasteiger partial charge < -0.3 is 9.80 Å². The van der Waals surface area contributed by atoms with Crippen LogP contribution in [-0.2, 0) is 14.8 Å². The van der Waals surface area contributed by atoms with Gasteiger partial charge in [-0.1, -0.05) is 48.0 Å². The number of piperazine rings is 1. The van der Waals surface area contributed by atoms with Crippen LogP contribution >= 0.6 is 0 Å². The molecule has 0 spiro atoms. The molecule has 1 aliphatic heterocycles. The highest BCUT2D eigenvalue weighted by Gasteiger charge is 2.38. The number of amides is 1. The second-order valence-corrected chi connectivity index (χ2v) is 9.67. The van der Waals surface area contributed by atoms with Gasteiger partial charge in [0.1, 0.15) is 0 Å². The van der Waals surface area contributed by atoms with Gasteiger partial charge in [0.05, 0.1) is 31.1 Å². The molecule has 3 rings (SSSR count). The van der Waals surface area contributed by atoms with Crippen LogP contribution in [-0.4, -0.2) is 62.8 Å². The van der Waals surface area contributed by atoms with Gasteiger partial charge in [-0.15, -0.1) is 0 Å². The lowest BCUT2D eigenvalue weighted by atomic mass is 10.0. The Kier molecular flexibility index (Phi) is 7.28. The quantitative estimate of drug-likeness (QED) is 0.724. The monoisotopic (exact) mass is 430 g/mol. The first-order valence-corrected chi connectivity index (χ1v) is 12.1. The molecule has 0 bridgehead atoms. The number of benzene rings is 2. The van der Waals surface area contributed by atoms with Crippen molar-refractivity contribution < 1.29 is 18.1 Å². The number of nitrogens with one attached hydrogen (secondary N) is 1. The van der Waals surface area contributed by atoms with Crippen LogP contribution in [0.5, 0.6) is 0 Å². The van der Waals surface area contributed by atoms with Crippen molar-refractivity contribution in [1.29, 1.82) is 0 Å². The van der Waals surface area contributed by atoms with Gasteiger partial charge in [0.25, 0.3) is 5.91 Å². The average Bonchev–Trinajstić information content (AvgIpc) is 2.76. The molecule has 1 N–H and O–H groups in total. The summed E-state index contributed by atoms with van der Waals surface area (Å²) in [7, 11) is -3.51. The van der Waals surface area contributed by atoms with Crippen molar-refractivity contribution in [3.8, 4) is 0 Å². The van der Waals surface area contributed by atoms with Crippen molar-refractivity contribution in [3.05, 3.63) is 65.7 Å². The summed E-state index contributed by atoms with van der Waals surface area (Å²) >= 11 is 0. The van der Waals surface area contributed by atoms with Crippen molar-refractivity contribution in [2.24, 2.45) is 0 Å². The van der Waals surface area contributed by atoms with Gasteiger partial charge in [-0.25, -0.2) is 8.42 Å². The zero-order valence-electron chi connectivity index (χ0n) is 18.0. The number of hydrogen-bond acceptors (Lipinski definition) is 3. The van der Waals surface area contributed by atoms with E-state index in [9.17, 15) is 13.2 Å². The molecule has 1 amide bonds. The van der Waals surface area contributed by atoms with E-state index in [1.165, 1.54) is 0 Å². The SMILES string of the molecule is CCN(CC)C(=O)[C@H](c1ccccc1)[NH+]1CCN(S(=O)(=O)c2ccc(C)cc2)CC1. The second kappa shape index (κ2) is 9.73. The maximum atomic E-state index is 13.3. The minimum absolute atomic E-state index is 0.107. The number of carbonyl (C=O) groups is 1. The fourth-order valence-corrected chi connectivity index (χ4v) is 5.52. The van der Waals surface area contributed by atoms with E-state index in [0.717, 1.165) is 16.0 Å². The highest BCUT2D eigenvalue weighted by molar-refractivity contribution is 7.89. The summed E-state index contributed by atoms with van der Waals surface area (Å²) in [6, 6.07) is 16.5.